The molecule has 26 heavy (non-hydrogen) atoms. The lowest BCUT2D eigenvalue weighted by Crippen LogP contribution is -2.52. The molecular weight excluding hydrogens is 391 g/mol. The number of thioether (sulfide) groups is 1. The average Bonchev–Trinajstić information content (AvgIpc) is 2.60. The van der Waals surface area contributed by atoms with Gasteiger partial charge >= 0.3 is 12.1 Å². The maximum Gasteiger partial charge on any atom is 0.471 e. The van der Waals surface area contributed by atoms with Crippen molar-refractivity contribution in [3.63, 3.8) is 0 Å². The molecule has 1 fully saturated rings. The van der Waals surface area contributed by atoms with Gasteiger partial charge < -0.3 is 9.80 Å². The Bertz CT molecular complexity index is 742. The molecule has 1 aliphatic heterocycles. The minimum Gasteiger partial charge on any atom is -0.366 e. The van der Waals surface area contributed by atoms with E-state index in [1.54, 1.807) is 30.6 Å². The summed E-state index contributed by atoms with van der Waals surface area (Å²) in [6.45, 7) is 0.365. The molecule has 1 amide bonds. The molecule has 0 aliphatic carbocycles. The Hall–Kier alpha value is -2.12. The summed E-state index contributed by atoms with van der Waals surface area (Å²) in [7, 11) is 0. The van der Waals surface area contributed by atoms with Crippen LogP contribution in [0.1, 0.15) is 0 Å². The van der Waals surface area contributed by atoms with Crippen LogP contribution in [0.25, 0.3) is 0 Å². The quantitative estimate of drug-likeness (QED) is 0.354. The number of hydrogen-bond acceptors (Lipinski definition) is 5. The molecule has 1 saturated heterocycles. The molecule has 1 aromatic carbocycles. The van der Waals surface area contributed by atoms with Crippen LogP contribution in [0.3, 0.4) is 0 Å². The summed E-state index contributed by atoms with van der Waals surface area (Å²) >= 11 is 7.25. The summed E-state index contributed by atoms with van der Waals surface area (Å²) in [5.41, 5.74) is 1.15. The molecule has 0 radical (unpaired) electrons. The van der Waals surface area contributed by atoms with Crippen LogP contribution >= 0.6 is 23.4 Å². The summed E-state index contributed by atoms with van der Waals surface area (Å²) < 4.78 is 37.6. The molecule has 6 nitrogen and oxygen atoms in total. The van der Waals surface area contributed by atoms with E-state index >= 15 is 0 Å². The standard InChI is InChI=1S/C15H15ClF3N5OS/c1-26-14(21-9-20)22-11-8-10(16)2-3-12(11)23-4-6-24(7-5-23)13(25)15(17,18)19/h2-3,8H,4-7H2,1H3,(H,21,22). The molecule has 1 heterocycles. The van der Waals surface area contributed by atoms with Crippen molar-refractivity contribution >= 4 is 45.8 Å². The number of nitrogens with zero attached hydrogens (tertiary/aromatic N) is 4. The minimum absolute atomic E-state index is 0.0457. The lowest BCUT2D eigenvalue weighted by molar-refractivity contribution is -0.185. The first-order chi connectivity index (χ1) is 12.3. The fraction of sp³-hybridized carbons (Fsp3) is 0.400. The van der Waals surface area contributed by atoms with E-state index in [4.69, 9.17) is 16.9 Å². The number of benzene rings is 1. The monoisotopic (exact) mass is 405 g/mol. The Balaban J connectivity index is 2.20. The normalized spacial score (nSPS) is 15.6. The van der Waals surface area contributed by atoms with Crippen molar-refractivity contribution in [2.45, 2.75) is 6.18 Å². The van der Waals surface area contributed by atoms with Gasteiger partial charge in [-0.05, 0) is 24.5 Å². The second kappa shape index (κ2) is 8.51. The smallest absolute Gasteiger partial charge is 0.366 e. The third-order valence-corrected chi connectivity index (χ3v) is 4.48. The van der Waals surface area contributed by atoms with E-state index in [0.717, 1.165) is 4.90 Å². The first-order valence-electron chi connectivity index (χ1n) is 7.44. The second-order valence-corrected chi connectivity index (χ2v) is 6.50. The van der Waals surface area contributed by atoms with Crippen molar-refractivity contribution in [1.82, 2.24) is 10.2 Å². The molecule has 0 unspecified atom stereocenters. The number of alkyl halides is 3. The van der Waals surface area contributed by atoms with Gasteiger partial charge in [0.15, 0.2) is 11.4 Å². The number of piperazine rings is 1. The van der Waals surface area contributed by atoms with Gasteiger partial charge in [-0.25, -0.2) is 4.99 Å². The van der Waals surface area contributed by atoms with Crippen LogP contribution in [0.4, 0.5) is 24.5 Å². The molecule has 1 aliphatic rings. The summed E-state index contributed by atoms with van der Waals surface area (Å²) in [5, 5.41) is 12.0. The van der Waals surface area contributed by atoms with Gasteiger partial charge in [0.05, 0.1) is 11.4 Å². The van der Waals surface area contributed by atoms with Gasteiger partial charge in [-0.1, -0.05) is 23.4 Å². The van der Waals surface area contributed by atoms with Crippen LogP contribution in [0.5, 0.6) is 0 Å². The number of carbonyl (C=O) groups excluding carboxylic acids is 1. The fourth-order valence-electron chi connectivity index (χ4n) is 2.47. The summed E-state index contributed by atoms with van der Waals surface area (Å²) in [6, 6.07) is 4.98. The Morgan fingerprint density at radius 3 is 2.54 bits per heavy atom. The summed E-state index contributed by atoms with van der Waals surface area (Å²) in [4.78, 5) is 18.3. The SMILES string of the molecule is CSC(=Nc1cc(Cl)ccc1N1CCN(C(=O)C(F)(F)F)CC1)NC#N. The van der Waals surface area contributed by atoms with Gasteiger partial charge in [-0.3, -0.25) is 10.1 Å². The largest absolute Gasteiger partial charge is 0.471 e. The number of nitrogens with one attached hydrogen (secondary N) is 1. The minimum atomic E-state index is -4.87. The number of aliphatic imine (C=N–C) groups is 1. The highest BCUT2D eigenvalue weighted by atomic mass is 35.5. The molecule has 0 aromatic heterocycles. The van der Waals surface area contributed by atoms with Crippen LogP contribution in [0.15, 0.2) is 23.2 Å². The third-order valence-electron chi connectivity index (χ3n) is 3.67. The van der Waals surface area contributed by atoms with Crippen LogP contribution in [-0.4, -0.2) is 54.6 Å². The number of amidine groups is 1. The lowest BCUT2D eigenvalue weighted by Gasteiger charge is -2.36. The van der Waals surface area contributed by atoms with Crippen LogP contribution in [-0.2, 0) is 4.79 Å². The van der Waals surface area contributed by atoms with Crippen molar-refractivity contribution in [3.8, 4) is 6.19 Å². The van der Waals surface area contributed by atoms with E-state index < -0.39 is 12.1 Å². The number of amides is 1. The molecule has 0 bridgehead atoms. The van der Waals surface area contributed by atoms with Crippen LogP contribution in [0.2, 0.25) is 5.02 Å². The average molecular weight is 406 g/mol. The molecule has 11 heteroatoms. The molecule has 1 aromatic rings. The fourth-order valence-corrected chi connectivity index (χ4v) is 2.97. The molecule has 0 atom stereocenters. The molecule has 1 N–H and O–H groups in total. The Morgan fingerprint density at radius 1 is 1.35 bits per heavy atom. The van der Waals surface area contributed by atoms with Gasteiger partial charge in [-0.2, -0.15) is 18.4 Å². The van der Waals surface area contributed by atoms with E-state index in [9.17, 15) is 18.0 Å². The van der Waals surface area contributed by atoms with Crippen LogP contribution in [0, 0.1) is 11.5 Å². The highest BCUT2D eigenvalue weighted by molar-refractivity contribution is 8.13. The van der Waals surface area contributed by atoms with Crippen molar-refractivity contribution in [3.05, 3.63) is 23.2 Å². The van der Waals surface area contributed by atoms with E-state index in [1.807, 2.05) is 4.90 Å². The number of carbonyl (C=O) groups is 1. The molecular formula is C15H15ClF3N5OS. The van der Waals surface area contributed by atoms with E-state index in [0.29, 0.717) is 21.6 Å². The highest BCUT2D eigenvalue weighted by Crippen LogP contribution is 2.33. The Kier molecular flexibility index (Phi) is 6.61. The number of nitriles is 1. The maximum absolute atomic E-state index is 12.5. The Labute approximate surface area is 157 Å². The van der Waals surface area contributed by atoms with Crippen molar-refractivity contribution in [2.75, 3.05) is 37.3 Å². The predicted octanol–water partition coefficient (Wildman–Crippen LogP) is 2.97. The maximum atomic E-state index is 12.5. The summed E-state index contributed by atoms with van der Waals surface area (Å²) in [6.07, 6.45) is -1.34. The third kappa shape index (κ3) is 4.95. The van der Waals surface area contributed by atoms with E-state index in [-0.39, 0.29) is 26.2 Å². The predicted molar refractivity (Wildman–Crippen MR) is 95.7 cm³/mol. The number of halogens is 4. The molecule has 0 spiro atoms. The van der Waals surface area contributed by atoms with Gasteiger partial charge in [0.25, 0.3) is 0 Å². The van der Waals surface area contributed by atoms with Gasteiger partial charge in [0.1, 0.15) is 0 Å². The zero-order valence-electron chi connectivity index (χ0n) is 13.7. The molecule has 0 saturated carbocycles. The summed E-state index contributed by atoms with van der Waals surface area (Å²) in [5.74, 6) is -1.82. The molecule has 140 valence electrons. The Morgan fingerprint density at radius 2 is 2.00 bits per heavy atom. The number of rotatable bonds is 2. The van der Waals surface area contributed by atoms with E-state index in [2.05, 4.69) is 10.3 Å². The topological polar surface area (TPSA) is 71.7 Å². The first-order valence-corrected chi connectivity index (χ1v) is 9.05. The van der Waals surface area contributed by atoms with Gasteiger partial charge in [0.2, 0.25) is 0 Å². The zero-order chi connectivity index (χ0) is 19.3. The highest BCUT2D eigenvalue weighted by Gasteiger charge is 2.43. The van der Waals surface area contributed by atoms with Crippen molar-refractivity contribution in [1.29, 1.82) is 5.26 Å². The van der Waals surface area contributed by atoms with E-state index in [1.165, 1.54) is 11.8 Å². The molecule has 2 rings (SSSR count). The second-order valence-electron chi connectivity index (χ2n) is 5.27. The van der Waals surface area contributed by atoms with Crippen molar-refractivity contribution < 1.29 is 18.0 Å². The van der Waals surface area contributed by atoms with Gasteiger partial charge in [-0.15, -0.1) is 0 Å². The number of hydrogen-bond donors (Lipinski definition) is 1. The number of anilines is 1. The van der Waals surface area contributed by atoms with Gasteiger partial charge in [0, 0.05) is 31.2 Å². The lowest BCUT2D eigenvalue weighted by atomic mass is 10.2. The first kappa shape index (κ1) is 20.2. The van der Waals surface area contributed by atoms with Crippen molar-refractivity contribution in [2.24, 2.45) is 4.99 Å². The zero-order valence-corrected chi connectivity index (χ0v) is 15.3. The van der Waals surface area contributed by atoms with Crippen LogP contribution < -0.4 is 10.2 Å².